The summed E-state index contributed by atoms with van der Waals surface area (Å²) in [5, 5.41) is 0. The number of aryl methyl sites for hydroxylation is 1. The van der Waals surface area contributed by atoms with Crippen molar-refractivity contribution >= 4 is 16.0 Å². The third-order valence-electron chi connectivity index (χ3n) is 4.65. The Bertz CT molecular complexity index is 891. The molecule has 2 aromatic carbocycles. The third-order valence-corrected chi connectivity index (χ3v) is 6.53. The molecule has 0 spiro atoms. The van der Waals surface area contributed by atoms with E-state index in [1.54, 1.807) is 24.3 Å². The first-order chi connectivity index (χ1) is 12.9. The fourth-order valence-electron chi connectivity index (χ4n) is 3.06. The first-order valence-electron chi connectivity index (χ1n) is 8.83. The molecule has 1 aliphatic heterocycles. The quantitative estimate of drug-likeness (QED) is 0.581. The second-order valence-electron chi connectivity index (χ2n) is 6.61. The smallest absolute Gasteiger partial charge is 0.315 e. The monoisotopic (exact) mass is 389 g/mol. The minimum Gasteiger partial charge on any atom is -0.497 e. The van der Waals surface area contributed by atoms with E-state index in [9.17, 15) is 13.2 Å². The van der Waals surface area contributed by atoms with E-state index in [2.05, 4.69) is 0 Å². The summed E-state index contributed by atoms with van der Waals surface area (Å²) in [6.45, 7) is 2.47. The second-order valence-corrected chi connectivity index (χ2v) is 8.55. The number of esters is 1. The molecular formula is C20H23NO5S. The van der Waals surface area contributed by atoms with Gasteiger partial charge in [-0.25, -0.2) is 8.42 Å². The van der Waals surface area contributed by atoms with Gasteiger partial charge in [0.1, 0.15) is 11.5 Å². The summed E-state index contributed by atoms with van der Waals surface area (Å²) in [6.07, 6.45) is 1.22. The summed E-state index contributed by atoms with van der Waals surface area (Å²) in [4.78, 5) is 12.7. The first kappa shape index (κ1) is 19.4. The summed E-state index contributed by atoms with van der Waals surface area (Å²) in [6, 6.07) is 13.5. The van der Waals surface area contributed by atoms with Crippen molar-refractivity contribution in [2.45, 2.75) is 24.7 Å². The SMILES string of the molecule is COc1ccc(S(=O)(=O)N2CCCC(C(=O)Oc3ccc(C)cc3)C2)cc1. The molecule has 2 aromatic rings. The normalized spacial score (nSPS) is 18.1. The Labute approximate surface area is 159 Å². The first-order valence-corrected chi connectivity index (χ1v) is 10.3. The van der Waals surface area contributed by atoms with Gasteiger partial charge in [0.25, 0.3) is 0 Å². The molecule has 1 unspecified atom stereocenters. The predicted octanol–water partition coefficient (Wildman–Crippen LogP) is 3.01. The summed E-state index contributed by atoms with van der Waals surface area (Å²) in [7, 11) is -2.14. The predicted molar refractivity (Wildman–Crippen MR) is 101 cm³/mol. The van der Waals surface area contributed by atoms with Gasteiger partial charge < -0.3 is 9.47 Å². The Morgan fingerprint density at radius 2 is 1.67 bits per heavy atom. The molecule has 7 heteroatoms. The van der Waals surface area contributed by atoms with E-state index in [0.29, 0.717) is 30.9 Å². The number of carbonyl (C=O) groups excluding carboxylic acids is 1. The highest BCUT2D eigenvalue weighted by atomic mass is 32.2. The molecule has 1 atom stereocenters. The van der Waals surface area contributed by atoms with Crippen LogP contribution < -0.4 is 9.47 Å². The molecule has 0 aliphatic carbocycles. The van der Waals surface area contributed by atoms with Crippen LogP contribution in [0.3, 0.4) is 0 Å². The van der Waals surface area contributed by atoms with Gasteiger partial charge in [-0.2, -0.15) is 4.31 Å². The number of benzene rings is 2. The number of hydrogen-bond acceptors (Lipinski definition) is 5. The summed E-state index contributed by atoms with van der Waals surface area (Å²) >= 11 is 0. The zero-order valence-corrected chi connectivity index (χ0v) is 16.2. The van der Waals surface area contributed by atoms with Crippen molar-refractivity contribution in [3.05, 3.63) is 54.1 Å². The second kappa shape index (κ2) is 8.10. The molecule has 1 heterocycles. The van der Waals surface area contributed by atoms with E-state index < -0.39 is 21.9 Å². The van der Waals surface area contributed by atoms with Crippen LogP contribution in [0.25, 0.3) is 0 Å². The molecule has 1 fully saturated rings. The maximum atomic E-state index is 12.9. The highest BCUT2D eigenvalue weighted by molar-refractivity contribution is 7.89. The van der Waals surface area contributed by atoms with Gasteiger partial charge in [-0.15, -0.1) is 0 Å². The van der Waals surface area contributed by atoms with Crippen LogP contribution in [0.1, 0.15) is 18.4 Å². The molecule has 144 valence electrons. The van der Waals surface area contributed by atoms with Gasteiger partial charge in [0, 0.05) is 13.1 Å². The largest absolute Gasteiger partial charge is 0.497 e. The molecule has 0 amide bonds. The van der Waals surface area contributed by atoms with Crippen LogP contribution in [0.15, 0.2) is 53.4 Å². The molecule has 1 saturated heterocycles. The number of rotatable bonds is 5. The maximum absolute atomic E-state index is 12.9. The van der Waals surface area contributed by atoms with E-state index in [4.69, 9.17) is 9.47 Å². The number of methoxy groups -OCH3 is 1. The van der Waals surface area contributed by atoms with E-state index in [0.717, 1.165) is 5.56 Å². The van der Waals surface area contributed by atoms with Crippen LogP contribution >= 0.6 is 0 Å². The average Bonchev–Trinajstić information content (AvgIpc) is 2.70. The van der Waals surface area contributed by atoms with Crippen molar-refractivity contribution in [3.8, 4) is 11.5 Å². The van der Waals surface area contributed by atoms with Crippen molar-refractivity contribution in [2.75, 3.05) is 20.2 Å². The van der Waals surface area contributed by atoms with E-state index >= 15 is 0 Å². The highest BCUT2D eigenvalue weighted by Gasteiger charge is 2.34. The Morgan fingerprint density at radius 1 is 1.04 bits per heavy atom. The van der Waals surface area contributed by atoms with Crippen molar-refractivity contribution in [1.29, 1.82) is 0 Å². The van der Waals surface area contributed by atoms with E-state index in [-0.39, 0.29) is 11.4 Å². The number of hydrogen-bond donors (Lipinski definition) is 0. The van der Waals surface area contributed by atoms with Crippen molar-refractivity contribution in [3.63, 3.8) is 0 Å². The molecule has 0 N–H and O–H groups in total. The Balaban J connectivity index is 1.70. The summed E-state index contributed by atoms with van der Waals surface area (Å²) in [5.74, 6) is 0.189. The molecule has 1 aliphatic rings. The fraction of sp³-hybridized carbons (Fsp3) is 0.350. The van der Waals surface area contributed by atoms with Gasteiger partial charge in [0.15, 0.2) is 0 Å². The van der Waals surface area contributed by atoms with Gasteiger partial charge >= 0.3 is 5.97 Å². The fourth-order valence-corrected chi connectivity index (χ4v) is 4.58. The van der Waals surface area contributed by atoms with Crippen molar-refractivity contribution in [1.82, 2.24) is 4.31 Å². The molecule has 0 bridgehead atoms. The van der Waals surface area contributed by atoms with Gasteiger partial charge in [-0.3, -0.25) is 4.79 Å². The van der Waals surface area contributed by atoms with Gasteiger partial charge in [-0.1, -0.05) is 17.7 Å². The van der Waals surface area contributed by atoms with Gasteiger partial charge in [0.05, 0.1) is 17.9 Å². The number of nitrogens with zero attached hydrogens (tertiary/aromatic N) is 1. The highest BCUT2D eigenvalue weighted by Crippen LogP contribution is 2.26. The number of piperidine rings is 1. The molecule has 3 rings (SSSR count). The molecule has 0 saturated carbocycles. The lowest BCUT2D eigenvalue weighted by Crippen LogP contribution is -2.43. The van der Waals surface area contributed by atoms with Crippen LogP contribution in [-0.4, -0.2) is 38.9 Å². The van der Waals surface area contributed by atoms with E-state index in [1.165, 1.54) is 23.5 Å². The van der Waals surface area contributed by atoms with Crippen LogP contribution in [0.4, 0.5) is 0 Å². The molecular weight excluding hydrogens is 366 g/mol. The zero-order valence-electron chi connectivity index (χ0n) is 15.4. The number of ether oxygens (including phenoxy) is 2. The number of carbonyl (C=O) groups is 1. The third kappa shape index (κ3) is 4.48. The lowest BCUT2D eigenvalue weighted by atomic mass is 10.00. The van der Waals surface area contributed by atoms with Gasteiger partial charge in [0.2, 0.25) is 10.0 Å². The van der Waals surface area contributed by atoms with Crippen molar-refractivity contribution < 1.29 is 22.7 Å². The lowest BCUT2D eigenvalue weighted by molar-refractivity contribution is -0.140. The van der Waals surface area contributed by atoms with E-state index in [1.807, 2.05) is 19.1 Å². The van der Waals surface area contributed by atoms with Crippen LogP contribution in [0.2, 0.25) is 0 Å². The molecule has 6 nitrogen and oxygen atoms in total. The minimum absolute atomic E-state index is 0.124. The summed E-state index contributed by atoms with van der Waals surface area (Å²) < 4.78 is 37.6. The molecule has 27 heavy (non-hydrogen) atoms. The molecule has 0 radical (unpaired) electrons. The Kier molecular flexibility index (Phi) is 5.82. The van der Waals surface area contributed by atoms with Crippen LogP contribution in [0.5, 0.6) is 11.5 Å². The minimum atomic E-state index is -3.66. The van der Waals surface area contributed by atoms with Gasteiger partial charge in [-0.05, 0) is 56.2 Å². The lowest BCUT2D eigenvalue weighted by Gasteiger charge is -2.30. The zero-order chi connectivity index (χ0) is 19.4. The summed E-state index contributed by atoms with van der Waals surface area (Å²) in [5.41, 5.74) is 1.07. The van der Waals surface area contributed by atoms with Crippen molar-refractivity contribution in [2.24, 2.45) is 5.92 Å². The standard InChI is InChI=1S/C20H23NO5S/c1-15-5-7-18(8-6-15)26-20(22)16-4-3-13-21(14-16)27(23,24)19-11-9-17(25-2)10-12-19/h5-12,16H,3-4,13-14H2,1-2H3. The van der Waals surface area contributed by atoms with Crippen LogP contribution in [0, 0.1) is 12.8 Å². The number of sulfonamides is 1. The topological polar surface area (TPSA) is 72.9 Å². The van der Waals surface area contributed by atoms with Crippen LogP contribution in [-0.2, 0) is 14.8 Å². The molecule has 0 aromatic heterocycles. The Morgan fingerprint density at radius 3 is 2.30 bits per heavy atom. The maximum Gasteiger partial charge on any atom is 0.315 e. The Hall–Kier alpha value is -2.38. The average molecular weight is 389 g/mol.